The van der Waals surface area contributed by atoms with Gasteiger partial charge < -0.3 is 5.73 Å². The molecule has 0 aliphatic heterocycles. The van der Waals surface area contributed by atoms with Crippen molar-refractivity contribution in [3.05, 3.63) is 33.8 Å². The molecule has 0 amide bonds. The van der Waals surface area contributed by atoms with Gasteiger partial charge in [0.05, 0.1) is 0 Å². The Labute approximate surface area is 100 Å². The molecule has 1 fully saturated rings. The zero-order chi connectivity index (χ0) is 11.3. The van der Waals surface area contributed by atoms with Gasteiger partial charge in [-0.05, 0) is 30.4 Å². The number of nitrogens with two attached hydrogens (primary N) is 1. The Bertz CT molecular complexity index is 398. The highest BCUT2D eigenvalue weighted by atomic mass is 79.9. The molecule has 1 saturated carbocycles. The van der Waals surface area contributed by atoms with E-state index in [1.54, 1.807) is 0 Å². The minimum atomic E-state index is 0.192. The highest BCUT2D eigenvalue weighted by molar-refractivity contribution is 9.10. The summed E-state index contributed by atoms with van der Waals surface area (Å²) in [5.41, 5.74) is 9.21. The van der Waals surface area contributed by atoms with Crippen molar-refractivity contribution in [2.45, 2.75) is 32.6 Å². The van der Waals surface area contributed by atoms with Crippen LogP contribution < -0.4 is 5.73 Å². The molecule has 2 N–H and O–H groups in total. The molecule has 0 bridgehead atoms. The average molecular weight is 268 g/mol. The highest BCUT2D eigenvalue weighted by Gasteiger charge is 2.61. The minimum Gasteiger partial charge on any atom is -0.330 e. The van der Waals surface area contributed by atoms with Crippen LogP contribution in [0.4, 0.5) is 0 Å². The van der Waals surface area contributed by atoms with E-state index in [1.165, 1.54) is 22.0 Å². The third kappa shape index (κ3) is 1.55. The molecule has 0 saturated heterocycles. The van der Waals surface area contributed by atoms with Gasteiger partial charge in [-0.2, -0.15) is 0 Å². The van der Waals surface area contributed by atoms with Crippen molar-refractivity contribution in [1.82, 2.24) is 0 Å². The number of benzene rings is 1. The summed E-state index contributed by atoms with van der Waals surface area (Å²) in [7, 11) is 0. The number of halogens is 1. The molecule has 1 unspecified atom stereocenters. The lowest BCUT2D eigenvalue weighted by Crippen LogP contribution is -2.25. The first-order chi connectivity index (χ1) is 6.93. The van der Waals surface area contributed by atoms with E-state index >= 15 is 0 Å². The van der Waals surface area contributed by atoms with Crippen LogP contribution in [-0.4, -0.2) is 6.54 Å². The van der Waals surface area contributed by atoms with Gasteiger partial charge in [-0.3, -0.25) is 0 Å². The van der Waals surface area contributed by atoms with E-state index in [0.717, 1.165) is 6.54 Å². The summed E-state index contributed by atoms with van der Waals surface area (Å²) in [4.78, 5) is 0. The van der Waals surface area contributed by atoms with Gasteiger partial charge in [0.1, 0.15) is 0 Å². The lowest BCUT2D eigenvalue weighted by molar-refractivity contribution is 0.501. The van der Waals surface area contributed by atoms with Crippen LogP contribution in [0.1, 0.15) is 31.4 Å². The SMILES string of the molecule is Cc1ccc(Br)c(C2(CN)CC2(C)C)c1. The lowest BCUT2D eigenvalue weighted by Gasteiger charge is -2.21. The fourth-order valence-corrected chi connectivity index (χ4v) is 3.26. The van der Waals surface area contributed by atoms with Crippen molar-refractivity contribution in [3.8, 4) is 0 Å². The van der Waals surface area contributed by atoms with E-state index in [1.807, 2.05) is 0 Å². The van der Waals surface area contributed by atoms with Gasteiger partial charge in [-0.15, -0.1) is 0 Å². The second-order valence-electron chi connectivity index (χ2n) is 5.33. The van der Waals surface area contributed by atoms with Crippen LogP contribution in [0.2, 0.25) is 0 Å². The van der Waals surface area contributed by atoms with Gasteiger partial charge >= 0.3 is 0 Å². The van der Waals surface area contributed by atoms with E-state index in [2.05, 4.69) is 54.9 Å². The summed E-state index contributed by atoms with van der Waals surface area (Å²) >= 11 is 3.64. The molecule has 1 aromatic rings. The van der Waals surface area contributed by atoms with Crippen molar-refractivity contribution in [2.75, 3.05) is 6.54 Å². The van der Waals surface area contributed by atoms with Gasteiger partial charge in [0, 0.05) is 16.4 Å². The Morgan fingerprint density at radius 3 is 2.47 bits per heavy atom. The summed E-state index contributed by atoms with van der Waals surface area (Å²) in [5.74, 6) is 0. The Morgan fingerprint density at radius 1 is 1.40 bits per heavy atom. The normalized spacial score (nSPS) is 27.8. The van der Waals surface area contributed by atoms with Crippen molar-refractivity contribution in [3.63, 3.8) is 0 Å². The Hall–Kier alpha value is -0.340. The van der Waals surface area contributed by atoms with Crippen LogP contribution in [0.3, 0.4) is 0 Å². The largest absolute Gasteiger partial charge is 0.330 e. The topological polar surface area (TPSA) is 26.0 Å². The smallest absolute Gasteiger partial charge is 0.0213 e. The second kappa shape index (κ2) is 3.33. The van der Waals surface area contributed by atoms with E-state index in [9.17, 15) is 0 Å². The second-order valence-corrected chi connectivity index (χ2v) is 6.18. The Balaban J connectivity index is 2.50. The maximum Gasteiger partial charge on any atom is 0.0213 e. The molecule has 82 valence electrons. The highest BCUT2D eigenvalue weighted by Crippen LogP contribution is 2.64. The summed E-state index contributed by atoms with van der Waals surface area (Å²) in [6.45, 7) is 7.47. The van der Waals surface area contributed by atoms with Crippen LogP contribution in [0.5, 0.6) is 0 Å². The summed E-state index contributed by atoms with van der Waals surface area (Å²) in [6, 6.07) is 6.54. The van der Waals surface area contributed by atoms with Gasteiger partial charge in [-0.1, -0.05) is 47.5 Å². The van der Waals surface area contributed by atoms with Crippen molar-refractivity contribution in [2.24, 2.45) is 11.1 Å². The zero-order valence-electron chi connectivity index (χ0n) is 9.60. The molecule has 1 atom stereocenters. The monoisotopic (exact) mass is 267 g/mol. The summed E-state index contributed by atoms with van der Waals surface area (Å²) in [5, 5.41) is 0. The lowest BCUT2D eigenvalue weighted by atomic mass is 9.87. The quantitative estimate of drug-likeness (QED) is 0.874. The first-order valence-corrected chi connectivity index (χ1v) is 6.19. The maximum atomic E-state index is 5.97. The van der Waals surface area contributed by atoms with Crippen LogP contribution >= 0.6 is 15.9 Å². The number of hydrogen-bond acceptors (Lipinski definition) is 1. The number of hydrogen-bond donors (Lipinski definition) is 1. The summed E-state index contributed by atoms with van der Waals surface area (Å²) in [6.07, 6.45) is 1.19. The van der Waals surface area contributed by atoms with Gasteiger partial charge in [0.2, 0.25) is 0 Å². The van der Waals surface area contributed by atoms with E-state index in [0.29, 0.717) is 5.41 Å². The van der Waals surface area contributed by atoms with E-state index in [-0.39, 0.29) is 5.41 Å². The molecule has 2 heteroatoms. The Kier molecular flexibility index (Phi) is 2.47. The fraction of sp³-hybridized carbons (Fsp3) is 0.538. The molecule has 0 radical (unpaired) electrons. The van der Waals surface area contributed by atoms with E-state index in [4.69, 9.17) is 5.73 Å². The van der Waals surface area contributed by atoms with Gasteiger partial charge in [0.25, 0.3) is 0 Å². The molecule has 2 rings (SSSR count). The molecule has 15 heavy (non-hydrogen) atoms. The molecule has 0 aromatic heterocycles. The van der Waals surface area contributed by atoms with E-state index < -0.39 is 0 Å². The molecule has 1 aliphatic rings. The van der Waals surface area contributed by atoms with Crippen LogP contribution in [0.15, 0.2) is 22.7 Å². The number of rotatable bonds is 2. The molecular weight excluding hydrogens is 250 g/mol. The molecule has 1 nitrogen and oxygen atoms in total. The predicted octanol–water partition coefficient (Wildman–Crippen LogP) is 3.38. The van der Waals surface area contributed by atoms with Gasteiger partial charge in [-0.25, -0.2) is 0 Å². The van der Waals surface area contributed by atoms with Crippen molar-refractivity contribution < 1.29 is 0 Å². The van der Waals surface area contributed by atoms with Gasteiger partial charge in [0.15, 0.2) is 0 Å². The number of aryl methyl sites for hydroxylation is 1. The molecule has 1 aliphatic carbocycles. The standard InChI is InChI=1S/C13H18BrN/c1-9-4-5-11(14)10(6-9)13(8-15)7-12(13,2)3/h4-6H,7-8,15H2,1-3H3. The third-order valence-corrected chi connectivity index (χ3v) is 4.59. The minimum absolute atomic E-state index is 0.192. The third-order valence-electron chi connectivity index (χ3n) is 3.90. The zero-order valence-corrected chi connectivity index (χ0v) is 11.2. The van der Waals surface area contributed by atoms with Crippen LogP contribution in [0.25, 0.3) is 0 Å². The predicted molar refractivity (Wildman–Crippen MR) is 68.0 cm³/mol. The fourth-order valence-electron chi connectivity index (χ4n) is 2.63. The molecule has 1 aromatic carbocycles. The van der Waals surface area contributed by atoms with Crippen molar-refractivity contribution >= 4 is 15.9 Å². The van der Waals surface area contributed by atoms with Crippen LogP contribution in [-0.2, 0) is 5.41 Å². The average Bonchev–Trinajstić information content (AvgIpc) is 2.74. The first kappa shape index (κ1) is 11.2. The summed E-state index contributed by atoms with van der Waals surface area (Å²) < 4.78 is 1.20. The maximum absolute atomic E-state index is 5.97. The van der Waals surface area contributed by atoms with Crippen LogP contribution in [0, 0.1) is 12.3 Å². The molecule has 0 heterocycles. The molecular formula is C13H18BrN. The van der Waals surface area contributed by atoms with Crippen molar-refractivity contribution in [1.29, 1.82) is 0 Å². The Morgan fingerprint density at radius 2 is 2.00 bits per heavy atom. The first-order valence-electron chi connectivity index (χ1n) is 5.40. The molecule has 0 spiro atoms.